The molecule has 1 heterocycles. The molecule has 0 fully saturated rings. The zero-order valence-corrected chi connectivity index (χ0v) is 37.8. The fourth-order valence-electron chi connectivity index (χ4n) is 12.0. The standard InChI is InChI=1S/C67H44N2/c1-3-20-45(21-4-1)46-22-19-23-47(42-46)51-26-12-16-35-64(51)68(49-38-40-56-54-29-8-7-27-52(54)53-28-9-10-30-55(53)59(56)43-49)50-39-41-58-57-31-11-13-32-60(57)67(63(58)44-50)61-33-14-17-36-65(61)69(48-24-5-2-6-25-48)66-37-18-15-34-62(66)67/h1-44H. The van der Waals surface area contributed by atoms with E-state index in [4.69, 9.17) is 0 Å². The molecule has 1 aliphatic heterocycles. The lowest BCUT2D eigenvalue weighted by Crippen LogP contribution is -2.36. The van der Waals surface area contributed by atoms with E-state index in [9.17, 15) is 0 Å². The average molecular weight is 877 g/mol. The molecule has 12 aromatic carbocycles. The predicted molar refractivity (Wildman–Crippen MR) is 290 cm³/mol. The zero-order valence-electron chi connectivity index (χ0n) is 37.8. The van der Waals surface area contributed by atoms with Crippen molar-refractivity contribution in [2.24, 2.45) is 0 Å². The van der Waals surface area contributed by atoms with Crippen LogP contribution in [0.1, 0.15) is 22.3 Å². The van der Waals surface area contributed by atoms with Gasteiger partial charge in [0.05, 0.1) is 22.5 Å². The Hall–Kier alpha value is -8.98. The third kappa shape index (κ3) is 5.86. The lowest BCUT2D eigenvalue weighted by molar-refractivity contribution is 0.752. The Morgan fingerprint density at radius 1 is 0.275 bits per heavy atom. The molecule has 2 heteroatoms. The SMILES string of the molecule is c1ccc(-c2cccc(-c3ccccc3N(c3ccc4c(c3)C3(c5ccccc5-4)c4ccccc4N(c4ccccc4)c4ccccc43)c3ccc4c5ccccc5c5ccccc5c4c3)c2)cc1. The molecule has 2 nitrogen and oxygen atoms in total. The second-order valence-corrected chi connectivity index (χ2v) is 18.4. The molecule has 0 amide bonds. The number of anilines is 6. The average Bonchev–Trinajstić information content (AvgIpc) is 3.72. The molecule has 1 aliphatic carbocycles. The Balaban J connectivity index is 1.06. The summed E-state index contributed by atoms with van der Waals surface area (Å²) in [6, 6.07) is 98.9. The van der Waals surface area contributed by atoms with Crippen molar-refractivity contribution in [2.75, 3.05) is 9.80 Å². The van der Waals surface area contributed by atoms with Crippen LogP contribution < -0.4 is 9.80 Å². The largest absolute Gasteiger partial charge is 0.310 e. The van der Waals surface area contributed by atoms with E-state index in [0.29, 0.717) is 0 Å². The molecule has 322 valence electrons. The summed E-state index contributed by atoms with van der Waals surface area (Å²) in [4.78, 5) is 4.97. The van der Waals surface area contributed by atoms with Crippen LogP contribution in [0.15, 0.2) is 267 Å². The molecule has 0 unspecified atom stereocenters. The van der Waals surface area contributed by atoms with Gasteiger partial charge in [-0.15, -0.1) is 0 Å². The highest BCUT2D eigenvalue weighted by Crippen LogP contribution is 2.64. The van der Waals surface area contributed by atoms with E-state index in [1.807, 2.05) is 0 Å². The van der Waals surface area contributed by atoms with E-state index in [1.165, 1.54) is 88.2 Å². The number of fused-ring (bicyclic) bond motifs is 15. The fraction of sp³-hybridized carbons (Fsp3) is 0.0149. The number of hydrogen-bond acceptors (Lipinski definition) is 2. The highest BCUT2D eigenvalue weighted by molar-refractivity contribution is 6.26. The molecule has 2 aliphatic rings. The Morgan fingerprint density at radius 2 is 0.754 bits per heavy atom. The molecule has 0 atom stereocenters. The first-order chi connectivity index (χ1) is 34.3. The topological polar surface area (TPSA) is 6.48 Å². The molecule has 0 saturated carbocycles. The van der Waals surface area contributed by atoms with Crippen LogP contribution in [0, 0.1) is 0 Å². The minimum Gasteiger partial charge on any atom is -0.310 e. The molecule has 0 saturated heterocycles. The summed E-state index contributed by atoms with van der Waals surface area (Å²) in [5.74, 6) is 0. The van der Waals surface area contributed by atoms with Crippen molar-refractivity contribution in [1.82, 2.24) is 0 Å². The normalized spacial score (nSPS) is 13.0. The van der Waals surface area contributed by atoms with E-state index in [-0.39, 0.29) is 0 Å². The summed E-state index contributed by atoms with van der Waals surface area (Å²) in [5.41, 5.74) is 18.6. The fourth-order valence-corrected chi connectivity index (χ4v) is 12.0. The first-order valence-electron chi connectivity index (χ1n) is 23.9. The van der Waals surface area contributed by atoms with Gasteiger partial charge in [-0.3, -0.25) is 0 Å². The summed E-state index contributed by atoms with van der Waals surface area (Å²) in [5, 5.41) is 7.53. The van der Waals surface area contributed by atoms with Gasteiger partial charge in [0.25, 0.3) is 0 Å². The number of nitrogens with zero attached hydrogens (tertiary/aromatic N) is 2. The van der Waals surface area contributed by atoms with Crippen molar-refractivity contribution in [2.45, 2.75) is 5.41 Å². The minimum absolute atomic E-state index is 0.603. The van der Waals surface area contributed by atoms with Crippen LogP contribution in [-0.2, 0) is 5.41 Å². The number of hydrogen-bond donors (Lipinski definition) is 0. The van der Waals surface area contributed by atoms with Gasteiger partial charge >= 0.3 is 0 Å². The van der Waals surface area contributed by atoms with Gasteiger partial charge in [-0.25, -0.2) is 0 Å². The Labute approximate surface area is 402 Å². The molecule has 0 bridgehead atoms. The van der Waals surface area contributed by atoms with Crippen molar-refractivity contribution in [3.8, 4) is 33.4 Å². The van der Waals surface area contributed by atoms with Gasteiger partial charge in [0, 0.05) is 22.6 Å². The maximum Gasteiger partial charge on any atom is 0.0755 e. The van der Waals surface area contributed by atoms with Gasteiger partial charge in [0.2, 0.25) is 0 Å². The van der Waals surface area contributed by atoms with Crippen LogP contribution in [0.5, 0.6) is 0 Å². The second-order valence-electron chi connectivity index (χ2n) is 18.4. The van der Waals surface area contributed by atoms with Crippen molar-refractivity contribution in [1.29, 1.82) is 0 Å². The molecule has 14 rings (SSSR count). The summed E-state index contributed by atoms with van der Waals surface area (Å²) in [6.45, 7) is 0. The van der Waals surface area contributed by atoms with Gasteiger partial charge in [0.1, 0.15) is 0 Å². The zero-order chi connectivity index (χ0) is 45.5. The summed E-state index contributed by atoms with van der Waals surface area (Å²) in [6.07, 6.45) is 0. The van der Waals surface area contributed by atoms with Crippen molar-refractivity contribution in [3.05, 3.63) is 289 Å². The van der Waals surface area contributed by atoms with E-state index in [0.717, 1.165) is 33.9 Å². The van der Waals surface area contributed by atoms with Crippen LogP contribution in [-0.4, -0.2) is 0 Å². The molecular formula is C67H44N2. The smallest absolute Gasteiger partial charge is 0.0755 e. The van der Waals surface area contributed by atoms with Crippen molar-refractivity contribution in [3.63, 3.8) is 0 Å². The van der Waals surface area contributed by atoms with Gasteiger partial charge in [0.15, 0.2) is 0 Å². The monoisotopic (exact) mass is 876 g/mol. The molecule has 0 N–H and O–H groups in total. The Morgan fingerprint density at radius 3 is 1.45 bits per heavy atom. The van der Waals surface area contributed by atoms with Crippen molar-refractivity contribution >= 4 is 66.4 Å². The summed E-state index contributed by atoms with van der Waals surface area (Å²) in [7, 11) is 0. The van der Waals surface area contributed by atoms with Crippen LogP contribution in [0.4, 0.5) is 34.1 Å². The predicted octanol–water partition coefficient (Wildman–Crippen LogP) is 18.1. The maximum atomic E-state index is 2.52. The Bertz CT molecular complexity index is 3900. The highest BCUT2D eigenvalue weighted by atomic mass is 15.2. The third-order valence-electron chi connectivity index (χ3n) is 14.8. The minimum atomic E-state index is -0.603. The second kappa shape index (κ2) is 15.6. The number of rotatable bonds is 6. The molecule has 69 heavy (non-hydrogen) atoms. The van der Waals surface area contributed by atoms with Crippen LogP contribution in [0.2, 0.25) is 0 Å². The number of para-hydroxylation sites is 4. The van der Waals surface area contributed by atoms with E-state index in [2.05, 4.69) is 277 Å². The first kappa shape index (κ1) is 39.2. The lowest BCUT2D eigenvalue weighted by Gasteiger charge is -2.45. The molecule has 0 radical (unpaired) electrons. The lowest BCUT2D eigenvalue weighted by atomic mass is 9.64. The first-order valence-corrected chi connectivity index (χ1v) is 23.9. The number of benzene rings is 12. The Kier molecular flexibility index (Phi) is 8.84. The molecule has 0 aromatic heterocycles. The van der Waals surface area contributed by atoms with E-state index >= 15 is 0 Å². The molecule has 1 spiro atoms. The van der Waals surface area contributed by atoms with Crippen molar-refractivity contribution < 1.29 is 0 Å². The summed E-state index contributed by atoms with van der Waals surface area (Å²) >= 11 is 0. The van der Waals surface area contributed by atoms with Crippen LogP contribution in [0.3, 0.4) is 0 Å². The van der Waals surface area contributed by atoms with Crippen LogP contribution >= 0.6 is 0 Å². The van der Waals surface area contributed by atoms with Crippen LogP contribution in [0.25, 0.3) is 65.7 Å². The summed E-state index contributed by atoms with van der Waals surface area (Å²) < 4.78 is 0. The molecule has 12 aromatic rings. The van der Waals surface area contributed by atoms with E-state index in [1.54, 1.807) is 0 Å². The van der Waals surface area contributed by atoms with Gasteiger partial charge in [-0.1, -0.05) is 206 Å². The molecular weight excluding hydrogens is 833 g/mol. The third-order valence-corrected chi connectivity index (χ3v) is 14.8. The van der Waals surface area contributed by atoms with Gasteiger partial charge in [-0.05, 0) is 143 Å². The van der Waals surface area contributed by atoms with E-state index < -0.39 is 5.41 Å². The quantitative estimate of drug-likeness (QED) is 0.154. The van der Waals surface area contributed by atoms with Gasteiger partial charge in [-0.2, -0.15) is 0 Å². The maximum absolute atomic E-state index is 2.52. The highest BCUT2D eigenvalue weighted by Gasteiger charge is 2.51. The van der Waals surface area contributed by atoms with Gasteiger partial charge < -0.3 is 9.80 Å².